The summed E-state index contributed by atoms with van der Waals surface area (Å²) >= 11 is 0. The zero-order valence-electron chi connectivity index (χ0n) is 10.1. The van der Waals surface area contributed by atoms with Crippen LogP contribution in [0.1, 0.15) is 31.2 Å². The molecule has 96 valence electrons. The highest BCUT2D eigenvalue weighted by Gasteiger charge is 2.16. The molecule has 0 radical (unpaired) electrons. The Labute approximate surface area is 106 Å². The van der Waals surface area contributed by atoms with E-state index in [1.54, 1.807) is 18.2 Å². The molecular weight excluding hydrogens is 233 g/mol. The number of hydrogen-bond acceptors (Lipinski definition) is 2. The normalized spacial score (nSPS) is 16.3. The molecule has 18 heavy (non-hydrogen) atoms. The fourth-order valence-electron chi connectivity index (χ4n) is 1.96. The number of benzene rings is 1. The molecule has 0 bridgehead atoms. The maximum atomic E-state index is 12.9. The topological polar surface area (TPSA) is 38.3 Å². The lowest BCUT2D eigenvalue weighted by molar-refractivity contribution is -0.132. The Morgan fingerprint density at radius 3 is 2.89 bits per heavy atom. The lowest BCUT2D eigenvalue weighted by Gasteiger charge is -2.09. The Kier molecular flexibility index (Phi) is 4.47. The van der Waals surface area contributed by atoms with Crippen LogP contribution >= 0.6 is 0 Å². The largest absolute Gasteiger partial charge is 0.270 e. The van der Waals surface area contributed by atoms with Crippen LogP contribution in [0.2, 0.25) is 0 Å². The summed E-state index contributed by atoms with van der Waals surface area (Å²) in [6, 6.07) is 6.05. The zero-order valence-corrected chi connectivity index (χ0v) is 10.1. The van der Waals surface area contributed by atoms with E-state index in [2.05, 4.69) is 5.48 Å². The Morgan fingerprint density at radius 1 is 1.39 bits per heavy atom. The molecule has 4 heteroatoms. The first-order chi connectivity index (χ1) is 8.74. The maximum Gasteiger partial charge on any atom is 0.267 e. The van der Waals surface area contributed by atoms with Crippen LogP contribution in [0.25, 0.3) is 6.08 Å². The van der Waals surface area contributed by atoms with Gasteiger partial charge in [0.2, 0.25) is 0 Å². The van der Waals surface area contributed by atoms with Gasteiger partial charge in [-0.3, -0.25) is 9.63 Å². The van der Waals surface area contributed by atoms with Crippen LogP contribution in [-0.4, -0.2) is 12.0 Å². The van der Waals surface area contributed by atoms with Crippen molar-refractivity contribution in [1.29, 1.82) is 0 Å². The van der Waals surface area contributed by atoms with E-state index in [4.69, 9.17) is 4.84 Å². The molecule has 1 N–H and O–H groups in total. The summed E-state index contributed by atoms with van der Waals surface area (Å²) in [5.74, 6) is -0.647. The molecule has 0 aliphatic heterocycles. The van der Waals surface area contributed by atoms with Gasteiger partial charge in [-0.1, -0.05) is 25.0 Å². The van der Waals surface area contributed by atoms with Gasteiger partial charge in [0.15, 0.2) is 0 Å². The van der Waals surface area contributed by atoms with E-state index in [0.29, 0.717) is 5.56 Å². The summed E-state index contributed by atoms with van der Waals surface area (Å²) in [5, 5.41) is 0. The Balaban J connectivity index is 1.79. The summed E-state index contributed by atoms with van der Waals surface area (Å²) in [7, 11) is 0. The Bertz CT molecular complexity index is 439. The van der Waals surface area contributed by atoms with Gasteiger partial charge < -0.3 is 0 Å². The molecule has 1 aromatic rings. The number of hydroxylamine groups is 1. The SMILES string of the molecule is O=C(/C=C/c1cccc(F)c1)NOC1CCCC1. The molecule has 2 rings (SSSR count). The van der Waals surface area contributed by atoms with Gasteiger partial charge in [0.1, 0.15) is 5.82 Å². The first-order valence-electron chi connectivity index (χ1n) is 6.13. The van der Waals surface area contributed by atoms with E-state index in [1.807, 2.05) is 0 Å². The predicted octanol–water partition coefficient (Wildman–Crippen LogP) is 2.83. The van der Waals surface area contributed by atoms with Gasteiger partial charge in [0.25, 0.3) is 5.91 Å². The molecule has 1 amide bonds. The fourth-order valence-corrected chi connectivity index (χ4v) is 1.96. The monoisotopic (exact) mass is 249 g/mol. The van der Waals surface area contributed by atoms with E-state index in [1.165, 1.54) is 18.2 Å². The lowest BCUT2D eigenvalue weighted by Crippen LogP contribution is -2.26. The highest BCUT2D eigenvalue weighted by atomic mass is 19.1. The molecule has 0 aromatic heterocycles. The van der Waals surface area contributed by atoms with Crippen LogP contribution in [-0.2, 0) is 9.63 Å². The summed E-state index contributed by atoms with van der Waals surface area (Å²) in [6.45, 7) is 0. The Hall–Kier alpha value is -1.68. The molecule has 0 unspecified atom stereocenters. The summed E-state index contributed by atoms with van der Waals surface area (Å²) in [5.41, 5.74) is 3.03. The van der Waals surface area contributed by atoms with E-state index >= 15 is 0 Å². The molecule has 0 spiro atoms. The number of rotatable bonds is 4. The summed E-state index contributed by atoms with van der Waals surface area (Å²) in [6.07, 6.45) is 7.32. The molecule has 1 fully saturated rings. The fraction of sp³-hybridized carbons (Fsp3) is 0.357. The van der Waals surface area contributed by atoms with Gasteiger partial charge in [-0.25, -0.2) is 9.87 Å². The molecule has 0 saturated heterocycles. The van der Waals surface area contributed by atoms with Crippen LogP contribution < -0.4 is 5.48 Å². The molecule has 1 aliphatic carbocycles. The number of carbonyl (C=O) groups is 1. The highest BCUT2D eigenvalue weighted by Crippen LogP contribution is 2.19. The zero-order chi connectivity index (χ0) is 12.8. The molecule has 1 aromatic carbocycles. The van der Waals surface area contributed by atoms with Gasteiger partial charge in [-0.2, -0.15) is 0 Å². The number of nitrogens with one attached hydrogen (secondary N) is 1. The van der Waals surface area contributed by atoms with E-state index in [0.717, 1.165) is 25.7 Å². The van der Waals surface area contributed by atoms with Crippen molar-refractivity contribution >= 4 is 12.0 Å². The van der Waals surface area contributed by atoms with Gasteiger partial charge in [0, 0.05) is 6.08 Å². The second-order valence-electron chi connectivity index (χ2n) is 4.38. The number of halogens is 1. The number of carbonyl (C=O) groups excluding carboxylic acids is 1. The third kappa shape index (κ3) is 3.96. The lowest BCUT2D eigenvalue weighted by atomic mass is 10.2. The van der Waals surface area contributed by atoms with Crippen LogP contribution in [0, 0.1) is 5.82 Å². The molecule has 3 nitrogen and oxygen atoms in total. The first kappa shape index (κ1) is 12.8. The maximum absolute atomic E-state index is 12.9. The average molecular weight is 249 g/mol. The molecule has 1 aliphatic rings. The van der Waals surface area contributed by atoms with Crippen molar-refractivity contribution in [3.05, 3.63) is 41.7 Å². The minimum absolute atomic E-state index is 0.136. The Morgan fingerprint density at radius 2 is 2.17 bits per heavy atom. The first-order valence-corrected chi connectivity index (χ1v) is 6.13. The second kappa shape index (κ2) is 6.31. The standard InChI is InChI=1S/C14H16FNO2/c15-12-5-3-4-11(10-12)8-9-14(17)16-18-13-6-1-2-7-13/h3-5,8-10,13H,1-2,6-7H2,(H,16,17)/b9-8+. The van der Waals surface area contributed by atoms with Crippen LogP contribution in [0.4, 0.5) is 4.39 Å². The molecular formula is C14H16FNO2. The number of hydrogen-bond donors (Lipinski definition) is 1. The molecule has 0 heterocycles. The van der Waals surface area contributed by atoms with Gasteiger partial charge >= 0.3 is 0 Å². The van der Waals surface area contributed by atoms with Crippen molar-refractivity contribution in [3.8, 4) is 0 Å². The smallest absolute Gasteiger partial charge is 0.267 e. The van der Waals surface area contributed by atoms with Crippen molar-refractivity contribution in [2.24, 2.45) is 0 Å². The van der Waals surface area contributed by atoms with Crippen LogP contribution in [0.15, 0.2) is 30.3 Å². The van der Waals surface area contributed by atoms with E-state index in [9.17, 15) is 9.18 Å². The van der Waals surface area contributed by atoms with Crippen molar-refractivity contribution in [1.82, 2.24) is 5.48 Å². The van der Waals surface area contributed by atoms with Gasteiger partial charge in [0.05, 0.1) is 6.10 Å². The predicted molar refractivity (Wildman–Crippen MR) is 66.9 cm³/mol. The quantitative estimate of drug-likeness (QED) is 0.658. The van der Waals surface area contributed by atoms with Crippen LogP contribution in [0.5, 0.6) is 0 Å². The minimum atomic E-state index is -0.328. The van der Waals surface area contributed by atoms with E-state index < -0.39 is 0 Å². The summed E-state index contributed by atoms with van der Waals surface area (Å²) < 4.78 is 12.9. The second-order valence-corrected chi connectivity index (χ2v) is 4.38. The molecule has 0 atom stereocenters. The highest BCUT2D eigenvalue weighted by molar-refractivity contribution is 5.90. The third-order valence-corrected chi connectivity index (χ3v) is 2.90. The van der Waals surface area contributed by atoms with Crippen molar-refractivity contribution in [3.63, 3.8) is 0 Å². The summed E-state index contributed by atoms with van der Waals surface area (Å²) in [4.78, 5) is 16.7. The third-order valence-electron chi connectivity index (χ3n) is 2.90. The van der Waals surface area contributed by atoms with Crippen LogP contribution in [0.3, 0.4) is 0 Å². The average Bonchev–Trinajstić information content (AvgIpc) is 2.87. The molecule has 1 saturated carbocycles. The van der Waals surface area contributed by atoms with Crippen molar-refractivity contribution < 1.29 is 14.0 Å². The van der Waals surface area contributed by atoms with E-state index in [-0.39, 0.29) is 17.8 Å². The van der Waals surface area contributed by atoms with Gasteiger partial charge in [-0.05, 0) is 36.6 Å². The van der Waals surface area contributed by atoms with Crippen molar-refractivity contribution in [2.75, 3.05) is 0 Å². The number of amides is 1. The van der Waals surface area contributed by atoms with Crippen molar-refractivity contribution in [2.45, 2.75) is 31.8 Å². The van der Waals surface area contributed by atoms with Gasteiger partial charge in [-0.15, -0.1) is 0 Å². The minimum Gasteiger partial charge on any atom is -0.270 e.